The van der Waals surface area contributed by atoms with Crippen molar-refractivity contribution < 1.29 is 76.8 Å². The lowest BCUT2D eigenvalue weighted by atomic mass is 9.94. The molecule has 5 aliphatic rings. The summed E-state index contributed by atoms with van der Waals surface area (Å²) in [5.74, 6) is -7.17. The monoisotopic (exact) mass is 1220 g/mol. The van der Waals surface area contributed by atoms with Crippen molar-refractivity contribution in [1.29, 1.82) is 0 Å². The maximum absolute atomic E-state index is 14.1. The number of carbonyl (C=O) groups excluding carboxylic acids is 11. The Kier molecular flexibility index (Phi) is 23.8. The van der Waals surface area contributed by atoms with Crippen LogP contribution in [-0.2, 0) is 65.5 Å². The first kappa shape index (κ1) is 66.5. The van der Waals surface area contributed by atoms with Crippen molar-refractivity contribution >= 4 is 65.0 Å². The lowest BCUT2D eigenvalue weighted by Gasteiger charge is -2.37. The Hall–Kier alpha value is -9.07. The first-order chi connectivity index (χ1) is 42.1. The second-order valence-corrected chi connectivity index (χ2v) is 22.7. The molecule has 3 aromatic rings. The minimum atomic E-state index is -1.55. The van der Waals surface area contributed by atoms with Crippen LogP contribution in [0.3, 0.4) is 0 Å². The van der Waals surface area contributed by atoms with Crippen LogP contribution in [-0.4, -0.2) is 188 Å². The summed E-state index contributed by atoms with van der Waals surface area (Å²) in [6, 6.07) is 6.52. The number of nitrogens with one attached hydrogen (secondary N) is 5. The summed E-state index contributed by atoms with van der Waals surface area (Å²) in [4.78, 5) is 157. The van der Waals surface area contributed by atoms with Crippen molar-refractivity contribution in [2.45, 2.75) is 147 Å². The normalized spacial score (nSPS) is 27.5. The lowest BCUT2D eigenvalue weighted by molar-refractivity contribution is -0.158. The molecule has 8 amide bonds. The van der Waals surface area contributed by atoms with Gasteiger partial charge in [-0.05, 0) is 88.5 Å². The van der Waals surface area contributed by atoms with Gasteiger partial charge < -0.3 is 65.4 Å². The number of carbonyl (C=O) groups is 11. The number of ether oxygens (including phenoxy) is 2. The number of aromatic nitrogens is 2. The maximum atomic E-state index is 14.1. The van der Waals surface area contributed by atoms with E-state index in [1.807, 2.05) is 51.1 Å². The molecule has 0 saturated carbocycles. The summed E-state index contributed by atoms with van der Waals surface area (Å²) in [6.07, 6.45) is 11.1. The van der Waals surface area contributed by atoms with Crippen LogP contribution in [0, 0.1) is 11.8 Å². The largest absolute Gasteiger partial charge is 0.505 e. The van der Waals surface area contributed by atoms with Gasteiger partial charge in [-0.15, -0.1) is 0 Å². The molecule has 1 aromatic carbocycles. The number of aliphatic hydroxyl groups is 1. The molecule has 2 aromatic heterocycles. The predicted octanol–water partition coefficient (Wildman–Crippen LogP) is 1.70. The highest BCUT2D eigenvalue weighted by Crippen LogP contribution is 2.27. The van der Waals surface area contributed by atoms with Crippen molar-refractivity contribution in [3.63, 3.8) is 0 Å². The zero-order valence-corrected chi connectivity index (χ0v) is 50.0. The quantitative estimate of drug-likeness (QED) is 0.179. The highest BCUT2D eigenvalue weighted by molar-refractivity contribution is 6.00. The molecule has 88 heavy (non-hydrogen) atoms. The zero-order chi connectivity index (χ0) is 63.6. The molecule has 9 unspecified atom stereocenters. The molecule has 2 bridgehead atoms. The number of amides is 8. The fourth-order valence-corrected chi connectivity index (χ4v) is 11.1. The van der Waals surface area contributed by atoms with Gasteiger partial charge >= 0.3 is 11.9 Å². The van der Waals surface area contributed by atoms with Crippen molar-refractivity contribution in [3.8, 4) is 5.75 Å². The molecular weight excluding hydrogens is 1140 g/mol. The third-order valence-electron chi connectivity index (χ3n) is 15.6. The predicted molar refractivity (Wildman–Crippen MR) is 314 cm³/mol. The third-order valence-corrected chi connectivity index (χ3v) is 15.6. The Balaban J connectivity index is 0.000000261. The SMILES string of the molecule is CC1=C\C(O)CC(=O)Cc2nc(co2)C(=O)N2CCCC2C(=O)OC(C(C)C)C(C)/C=C/C(=O)NC\C=C\1.CC1OC(=O)CNC(=O)C2CCCCN2C(=O)C(Cc2ccccc2)NC(=O)C2CCCN2C(=O)CNC(=O)C1NC(=O)c1ncccc1O. The first-order valence-corrected chi connectivity index (χ1v) is 29.7. The van der Waals surface area contributed by atoms with Gasteiger partial charge in [0.2, 0.25) is 41.3 Å². The smallest absolute Gasteiger partial charge is 0.329 e. The number of aromatic hydroxyl groups is 1. The van der Waals surface area contributed by atoms with Crippen molar-refractivity contribution in [1.82, 2.24) is 51.3 Å². The summed E-state index contributed by atoms with van der Waals surface area (Å²) in [6.45, 7) is 8.82. The fourth-order valence-electron chi connectivity index (χ4n) is 11.1. The number of oxazole rings is 1. The first-order valence-electron chi connectivity index (χ1n) is 29.7. The van der Waals surface area contributed by atoms with Crippen LogP contribution in [0.25, 0.3) is 0 Å². The second kappa shape index (κ2) is 31.5. The van der Waals surface area contributed by atoms with Gasteiger partial charge in [0.25, 0.3) is 11.8 Å². The van der Waals surface area contributed by atoms with Crippen molar-refractivity contribution in [3.05, 3.63) is 114 Å². The lowest BCUT2D eigenvalue weighted by Crippen LogP contribution is -2.60. The molecule has 26 heteroatoms. The number of aliphatic hydroxyl groups excluding tert-OH is 1. The topological polar surface area (TPSA) is 355 Å². The van der Waals surface area contributed by atoms with E-state index < -0.39 is 121 Å². The summed E-state index contributed by atoms with van der Waals surface area (Å²) in [5, 5.41) is 33.3. The van der Waals surface area contributed by atoms with Crippen LogP contribution in [0.15, 0.2) is 95.3 Å². The van der Waals surface area contributed by atoms with E-state index >= 15 is 0 Å². The van der Waals surface area contributed by atoms with Crippen molar-refractivity contribution in [2.24, 2.45) is 11.8 Å². The molecule has 0 spiro atoms. The van der Waals surface area contributed by atoms with E-state index in [2.05, 4.69) is 36.6 Å². The van der Waals surface area contributed by atoms with Crippen LogP contribution < -0.4 is 26.6 Å². The Morgan fingerprint density at radius 3 is 2.22 bits per heavy atom. The van der Waals surface area contributed by atoms with Crippen LogP contribution in [0.2, 0.25) is 0 Å². The average Bonchev–Trinajstić information content (AvgIpc) is 4.45. The number of allylic oxidation sites excluding steroid dienone is 2. The van der Waals surface area contributed by atoms with Crippen LogP contribution in [0.5, 0.6) is 5.75 Å². The van der Waals surface area contributed by atoms with E-state index in [0.717, 1.165) is 11.1 Å². The number of piperidine rings is 1. The zero-order valence-electron chi connectivity index (χ0n) is 50.0. The van der Waals surface area contributed by atoms with E-state index in [1.165, 1.54) is 52.3 Å². The molecule has 9 atom stereocenters. The molecule has 5 aliphatic heterocycles. The highest BCUT2D eigenvalue weighted by Gasteiger charge is 2.42. The average molecular weight is 1220 g/mol. The number of fused-ring (bicyclic) bond motifs is 5. The second-order valence-electron chi connectivity index (χ2n) is 22.7. The van der Waals surface area contributed by atoms with Gasteiger partial charge in [-0.2, -0.15) is 0 Å². The number of cyclic esters (lactones) is 2. The number of hydrogen-bond donors (Lipinski definition) is 7. The number of benzene rings is 1. The third kappa shape index (κ3) is 18.2. The van der Waals surface area contributed by atoms with E-state index in [9.17, 15) is 63.0 Å². The molecule has 4 fully saturated rings. The minimum Gasteiger partial charge on any atom is -0.505 e. The van der Waals surface area contributed by atoms with Crippen LogP contribution in [0.4, 0.5) is 0 Å². The number of pyridine rings is 1. The van der Waals surface area contributed by atoms with Gasteiger partial charge in [0, 0.05) is 51.1 Å². The molecule has 7 N–H and O–H groups in total. The highest BCUT2D eigenvalue weighted by atomic mass is 16.6. The molecule has 472 valence electrons. The minimum absolute atomic E-state index is 0.00930. The molecule has 0 radical (unpaired) electrons. The van der Waals surface area contributed by atoms with Gasteiger partial charge in [-0.25, -0.2) is 14.8 Å². The number of Topliss-reactive ketones (excluding diaryl/α,β-unsaturated/α-hetero) is 1. The van der Waals surface area contributed by atoms with Gasteiger partial charge in [0.1, 0.15) is 66.8 Å². The van der Waals surface area contributed by atoms with E-state index in [-0.39, 0.29) is 79.7 Å². The Labute approximate surface area is 509 Å². The standard InChI is InChI=1S/C34H41N7O9.C28H37N3O7/c1-20-28(39-33(48)29-25(42)13-7-14-35-29)32(47)36-18-26(43)40-16-8-12-24(40)31(46)38-22(17-21-9-3-2-4-10-21)34(49)41-15-6-5-11-23(41)30(45)37-19-27(44)50-20;1-17(2)26-19(4)9-10-24(34)29-11-5-7-18(3)13-20(32)14-21(33)15-25-30-22(16-37-25)27(35)31-12-6-8-23(31)28(36)38-26/h2-4,7,9-10,13-14,20,22-24,28,42H,5-6,8,11-12,15-19H2,1H3,(H,36,47)(H,37,45)(H,38,46)(H,39,48);5,7,9-10,13,16-17,19-20,23,26,32H,6,8,11-12,14-15H2,1-4H3,(H,29,34)/b;7-5+,10-9+,18-13+. The van der Waals surface area contributed by atoms with Gasteiger partial charge in [0.05, 0.1) is 19.1 Å². The number of rotatable bonds is 5. The molecule has 4 saturated heterocycles. The van der Waals surface area contributed by atoms with Gasteiger partial charge in [-0.3, -0.25) is 47.9 Å². The van der Waals surface area contributed by atoms with Gasteiger partial charge in [0.15, 0.2) is 11.4 Å². The Morgan fingerprint density at radius 2 is 1.48 bits per heavy atom. The Morgan fingerprint density at radius 1 is 0.784 bits per heavy atom. The van der Waals surface area contributed by atoms with Crippen LogP contribution >= 0.6 is 0 Å². The molecule has 8 rings (SSSR count). The number of esters is 2. The summed E-state index contributed by atoms with van der Waals surface area (Å²) in [5.41, 5.74) is 1.13. The fraction of sp³-hybridized carbons (Fsp3) is 0.500. The van der Waals surface area contributed by atoms with Crippen LogP contribution in [0.1, 0.15) is 118 Å². The number of nitrogens with zero attached hydrogens (tertiary/aromatic N) is 5. The molecule has 0 aliphatic carbocycles. The van der Waals surface area contributed by atoms with Gasteiger partial charge in [-0.1, -0.05) is 81.0 Å². The summed E-state index contributed by atoms with van der Waals surface area (Å²) >= 11 is 0. The summed E-state index contributed by atoms with van der Waals surface area (Å²) in [7, 11) is 0. The maximum Gasteiger partial charge on any atom is 0.329 e. The van der Waals surface area contributed by atoms with E-state index in [4.69, 9.17) is 13.9 Å². The molecular formula is C62H78N10O16. The summed E-state index contributed by atoms with van der Waals surface area (Å²) < 4.78 is 16.6. The number of hydrogen-bond acceptors (Lipinski definition) is 18. The van der Waals surface area contributed by atoms with E-state index in [0.29, 0.717) is 51.5 Å². The number of ketones is 1. The van der Waals surface area contributed by atoms with Crippen molar-refractivity contribution in [2.75, 3.05) is 39.3 Å². The molecule has 7 heterocycles. The Bertz CT molecular complexity index is 3140. The van der Waals surface area contributed by atoms with E-state index in [1.54, 1.807) is 31.2 Å². The molecule has 26 nitrogen and oxygen atoms in total.